The van der Waals surface area contributed by atoms with Crippen molar-refractivity contribution in [3.05, 3.63) is 42.1 Å². The number of nitrogens with zero attached hydrogens (tertiary/aromatic N) is 3. The van der Waals surface area contributed by atoms with Crippen molar-refractivity contribution in [3.63, 3.8) is 0 Å². The number of hydrogen-bond acceptors (Lipinski definition) is 6. The minimum Gasteiger partial charge on any atom is -0.450 e. The summed E-state index contributed by atoms with van der Waals surface area (Å²) in [6.45, 7) is 3.38. The predicted octanol–water partition coefficient (Wildman–Crippen LogP) is 3.53. The third kappa shape index (κ3) is 5.02. The van der Waals surface area contributed by atoms with Crippen molar-refractivity contribution in [3.8, 4) is 0 Å². The first kappa shape index (κ1) is 18.8. The van der Waals surface area contributed by atoms with E-state index >= 15 is 0 Å². The zero-order chi connectivity index (χ0) is 19.2. The zero-order valence-corrected chi connectivity index (χ0v) is 14.9. The van der Waals surface area contributed by atoms with E-state index in [-0.39, 0.29) is 18.1 Å². The summed E-state index contributed by atoms with van der Waals surface area (Å²) < 4.78 is 31.3. The average molecular weight is 377 g/mol. The van der Waals surface area contributed by atoms with Gasteiger partial charge in [0.25, 0.3) is 0 Å². The summed E-state index contributed by atoms with van der Waals surface area (Å²) in [5.74, 6) is -0.965. The fourth-order valence-corrected chi connectivity index (χ4v) is 2.83. The van der Waals surface area contributed by atoms with Crippen LogP contribution in [0.5, 0.6) is 0 Å². The van der Waals surface area contributed by atoms with Crippen LogP contribution in [0, 0.1) is 11.6 Å². The molecule has 1 aromatic carbocycles. The molecule has 9 heteroatoms. The molecular weight excluding hydrogens is 356 g/mol. The number of benzene rings is 1. The normalized spacial score (nSPS) is 14.7. The summed E-state index contributed by atoms with van der Waals surface area (Å²) in [4.78, 5) is 21.9. The van der Waals surface area contributed by atoms with Gasteiger partial charge in [0.15, 0.2) is 11.6 Å². The standard InChI is InChI=1S/C18H21F2N5O2/c1-2-27-18(26)25-9-6-12(7-10-25)22-16-5-8-21-17(24-16)23-13-3-4-14(19)15(20)11-13/h3-5,8,11-12H,2,6-7,9-10H2,1H3,(H2,21,22,23,24). The Balaban J connectivity index is 1.56. The molecule has 1 saturated heterocycles. The first-order chi connectivity index (χ1) is 13.0. The molecule has 0 bridgehead atoms. The Kier molecular flexibility index (Phi) is 6.00. The Morgan fingerprint density at radius 1 is 1.26 bits per heavy atom. The minimum atomic E-state index is -0.942. The predicted molar refractivity (Wildman–Crippen MR) is 96.9 cm³/mol. The molecule has 2 aromatic rings. The Bertz CT molecular complexity index is 797. The molecule has 1 aliphatic rings. The molecule has 0 saturated carbocycles. The Morgan fingerprint density at radius 3 is 2.74 bits per heavy atom. The molecule has 1 amide bonds. The highest BCUT2D eigenvalue weighted by Crippen LogP contribution is 2.19. The first-order valence-corrected chi connectivity index (χ1v) is 8.78. The molecule has 1 fully saturated rings. The van der Waals surface area contributed by atoms with E-state index in [0.717, 1.165) is 25.0 Å². The summed E-state index contributed by atoms with van der Waals surface area (Å²) in [5.41, 5.74) is 0.355. The first-order valence-electron chi connectivity index (χ1n) is 8.78. The number of aromatic nitrogens is 2. The van der Waals surface area contributed by atoms with Gasteiger partial charge in [0.2, 0.25) is 5.95 Å². The van der Waals surface area contributed by atoms with Crippen LogP contribution >= 0.6 is 0 Å². The van der Waals surface area contributed by atoms with Gasteiger partial charge in [0, 0.05) is 37.1 Å². The highest BCUT2D eigenvalue weighted by atomic mass is 19.2. The van der Waals surface area contributed by atoms with Gasteiger partial charge in [-0.3, -0.25) is 0 Å². The molecule has 0 spiro atoms. The van der Waals surface area contributed by atoms with Crippen molar-refractivity contribution in [2.45, 2.75) is 25.8 Å². The van der Waals surface area contributed by atoms with Crippen molar-refractivity contribution in [2.24, 2.45) is 0 Å². The number of amides is 1. The molecule has 0 aliphatic carbocycles. The van der Waals surface area contributed by atoms with Gasteiger partial charge in [-0.1, -0.05) is 0 Å². The molecule has 0 atom stereocenters. The third-order valence-corrected chi connectivity index (χ3v) is 4.20. The lowest BCUT2D eigenvalue weighted by Crippen LogP contribution is -2.42. The van der Waals surface area contributed by atoms with E-state index in [4.69, 9.17) is 4.74 Å². The van der Waals surface area contributed by atoms with E-state index in [9.17, 15) is 13.6 Å². The molecule has 7 nitrogen and oxygen atoms in total. The molecule has 3 rings (SSSR count). The van der Waals surface area contributed by atoms with Crippen LogP contribution < -0.4 is 10.6 Å². The van der Waals surface area contributed by atoms with Crippen LogP contribution in [0.1, 0.15) is 19.8 Å². The second kappa shape index (κ2) is 8.61. The van der Waals surface area contributed by atoms with Crippen molar-refractivity contribution in [1.29, 1.82) is 0 Å². The van der Waals surface area contributed by atoms with Gasteiger partial charge in [0.1, 0.15) is 5.82 Å². The molecule has 144 valence electrons. The SMILES string of the molecule is CCOC(=O)N1CCC(Nc2ccnc(Nc3ccc(F)c(F)c3)n2)CC1. The largest absolute Gasteiger partial charge is 0.450 e. The number of halogens is 2. The van der Waals surface area contributed by atoms with E-state index < -0.39 is 11.6 Å². The average Bonchev–Trinajstić information content (AvgIpc) is 2.66. The summed E-state index contributed by atoms with van der Waals surface area (Å²) in [6.07, 6.45) is 2.84. The van der Waals surface area contributed by atoms with Crippen LogP contribution in [-0.2, 0) is 4.74 Å². The number of ether oxygens (including phenoxy) is 1. The van der Waals surface area contributed by atoms with Gasteiger partial charge in [-0.25, -0.2) is 18.6 Å². The van der Waals surface area contributed by atoms with E-state index in [1.165, 1.54) is 6.07 Å². The fraction of sp³-hybridized carbons (Fsp3) is 0.389. The number of nitrogens with one attached hydrogen (secondary N) is 2. The summed E-state index contributed by atoms with van der Waals surface area (Å²) >= 11 is 0. The molecule has 1 aliphatic heterocycles. The third-order valence-electron chi connectivity index (χ3n) is 4.20. The van der Waals surface area contributed by atoms with Gasteiger partial charge in [0.05, 0.1) is 6.61 Å². The van der Waals surface area contributed by atoms with Crippen LogP contribution in [0.2, 0.25) is 0 Å². The number of rotatable bonds is 5. The van der Waals surface area contributed by atoms with Crippen LogP contribution in [0.4, 0.5) is 31.0 Å². The Morgan fingerprint density at radius 2 is 2.04 bits per heavy atom. The smallest absolute Gasteiger partial charge is 0.409 e. The van der Waals surface area contributed by atoms with Gasteiger partial charge >= 0.3 is 6.09 Å². The summed E-state index contributed by atoms with van der Waals surface area (Å²) in [7, 11) is 0. The number of piperidine rings is 1. The maximum absolute atomic E-state index is 13.3. The van der Waals surface area contributed by atoms with Crippen LogP contribution in [0.25, 0.3) is 0 Å². The van der Waals surface area contributed by atoms with Gasteiger partial charge < -0.3 is 20.3 Å². The van der Waals surface area contributed by atoms with Crippen LogP contribution in [0.15, 0.2) is 30.5 Å². The number of carbonyl (C=O) groups is 1. The molecule has 2 N–H and O–H groups in total. The molecule has 2 heterocycles. The maximum Gasteiger partial charge on any atom is 0.409 e. The van der Waals surface area contributed by atoms with Crippen molar-refractivity contribution in [2.75, 3.05) is 30.3 Å². The van der Waals surface area contributed by atoms with Crippen molar-refractivity contribution >= 4 is 23.5 Å². The number of carbonyl (C=O) groups excluding carboxylic acids is 1. The number of anilines is 3. The topological polar surface area (TPSA) is 79.4 Å². The van der Waals surface area contributed by atoms with Crippen LogP contribution in [-0.4, -0.2) is 46.7 Å². The second-order valence-electron chi connectivity index (χ2n) is 6.12. The van der Waals surface area contributed by atoms with Crippen LogP contribution in [0.3, 0.4) is 0 Å². The second-order valence-corrected chi connectivity index (χ2v) is 6.12. The molecular formula is C18H21F2N5O2. The Hall–Kier alpha value is -2.97. The maximum atomic E-state index is 13.3. The molecule has 1 aromatic heterocycles. The van der Waals surface area contributed by atoms with Crippen molar-refractivity contribution < 1.29 is 18.3 Å². The van der Waals surface area contributed by atoms with E-state index in [1.54, 1.807) is 24.1 Å². The Labute approximate surface area is 155 Å². The monoisotopic (exact) mass is 377 g/mol. The molecule has 27 heavy (non-hydrogen) atoms. The lowest BCUT2D eigenvalue weighted by atomic mass is 10.1. The van der Waals surface area contributed by atoms with Crippen molar-refractivity contribution in [1.82, 2.24) is 14.9 Å². The summed E-state index contributed by atoms with van der Waals surface area (Å²) in [5, 5.41) is 6.16. The lowest BCUT2D eigenvalue weighted by molar-refractivity contribution is 0.0983. The molecule has 0 radical (unpaired) electrons. The highest BCUT2D eigenvalue weighted by Gasteiger charge is 2.23. The van der Waals surface area contributed by atoms with E-state index in [1.807, 2.05) is 0 Å². The van der Waals surface area contributed by atoms with Gasteiger partial charge in [-0.05, 0) is 38.0 Å². The summed E-state index contributed by atoms with van der Waals surface area (Å²) in [6, 6.07) is 5.39. The fourth-order valence-electron chi connectivity index (χ4n) is 2.83. The number of hydrogen-bond donors (Lipinski definition) is 2. The lowest BCUT2D eigenvalue weighted by Gasteiger charge is -2.31. The quantitative estimate of drug-likeness (QED) is 0.830. The molecule has 0 unspecified atom stereocenters. The zero-order valence-electron chi connectivity index (χ0n) is 14.9. The number of likely N-dealkylation sites (tertiary alicyclic amines) is 1. The highest BCUT2D eigenvalue weighted by molar-refractivity contribution is 5.67. The van der Waals surface area contributed by atoms with Gasteiger partial charge in [-0.2, -0.15) is 4.98 Å². The van der Waals surface area contributed by atoms with Gasteiger partial charge in [-0.15, -0.1) is 0 Å². The minimum absolute atomic E-state index is 0.168. The van der Waals surface area contributed by atoms with E-state index in [2.05, 4.69) is 20.6 Å². The van der Waals surface area contributed by atoms with E-state index in [0.29, 0.717) is 31.2 Å².